The zero-order valence-electron chi connectivity index (χ0n) is 10.3. The molecule has 0 saturated carbocycles. The summed E-state index contributed by atoms with van der Waals surface area (Å²) in [4.78, 5) is 11.6. The number of benzene rings is 2. The molecule has 0 atom stereocenters. The van der Waals surface area contributed by atoms with Crippen molar-refractivity contribution >= 4 is 17.3 Å². The first-order chi connectivity index (χ1) is 9.56. The molecule has 2 aromatic rings. The van der Waals surface area contributed by atoms with Crippen LogP contribution in [0.3, 0.4) is 0 Å². The molecule has 0 aliphatic rings. The number of nitrogens with one attached hydrogen (secondary N) is 2. The third kappa shape index (κ3) is 3.50. The summed E-state index contributed by atoms with van der Waals surface area (Å²) in [5.41, 5.74) is 0.317. The summed E-state index contributed by atoms with van der Waals surface area (Å²) in [7, 11) is 0. The van der Waals surface area contributed by atoms with Gasteiger partial charge in [0.1, 0.15) is 5.82 Å². The zero-order chi connectivity index (χ0) is 14.5. The summed E-state index contributed by atoms with van der Waals surface area (Å²) in [6.07, 6.45) is 0. The van der Waals surface area contributed by atoms with E-state index in [4.69, 9.17) is 0 Å². The summed E-state index contributed by atoms with van der Waals surface area (Å²) in [5.74, 6) is -2.90. The van der Waals surface area contributed by atoms with E-state index in [2.05, 4.69) is 10.6 Å². The average molecular weight is 280 g/mol. The second-order valence-electron chi connectivity index (χ2n) is 4.01. The van der Waals surface area contributed by atoms with Crippen molar-refractivity contribution in [3.63, 3.8) is 0 Å². The molecular weight excluding hydrogens is 269 g/mol. The van der Waals surface area contributed by atoms with Crippen LogP contribution in [-0.4, -0.2) is 12.5 Å². The number of hydrogen-bond acceptors (Lipinski definition) is 2. The molecule has 0 aromatic heterocycles. The minimum atomic E-state index is -1.04. The lowest BCUT2D eigenvalue weighted by Crippen LogP contribution is -2.22. The Labute approximate surface area is 113 Å². The first-order valence-electron chi connectivity index (χ1n) is 5.79. The number of rotatable bonds is 4. The van der Waals surface area contributed by atoms with E-state index in [1.54, 1.807) is 0 Å². The molecule has 0 fully saturated rings. The quantitative estimate of drug-likeness (QED) is 0.903. The Morgan fingerprint density at radius 1 is 1.00 bits per heavy atom. The molecule has 2 N–H and O–H groups in total. The predicted molar refractivity (Wildman–Crippen MR) is 69.9 cm³/mol. The van der Waals surface area contributed by atoms with Crippen molar-refractivity contribution in [2.75, 3.05) is 17.2 Å². The molecule has 0 aliphatic heterocycles. The third-order valence-electron chi connectivity index (χ3n) is 2.52. The second kappa shape index (κ2) is 6.10. The molecule has 0 radical (unpaired) electrons. The molecule has 2 aromatic carbocycles. The van der Waals surface area contributed by atoms with Crippen molar-refractivity contribution < 1.29 is 18.0 Å². The maximum atomic E-state index is 13.3. The lowest BCUT2D eigenvalue weighted by Gasteiger charge is -2.08. The van der Waals surface area contributed by atoms with Gasteiger partial charge in [0.2, 0.25) is 5.91 Å². The SMILES string of the molecule is O=C(CNc1cccc(F)c1F)Nc1ccc(F)cc1. The van der Waals surface area contributed by atoms with Crippen LogP contribution in [-0.2, 0) is 4.79 Å². The van der Waals surface area contributed by atoms with E-state index >= 15 is 0 Å². The zero-order valence-corrected chi connectivity index (χ0v) is 10.3. The van der Waals surface area contributed by atoms with E-state index in [-0.39, 0.29) is 12.2 Å². The standard InChI is InChI=1S/C14H11F3N2O/c15-9-4-6-10(7-5-9)19-13(20)8-18-12-3-1-2-11(16)14(12)17/h1-7,18H,8H2,(H,19,20). The normalized spacial score (nSPS) is 10.2. The van der Waals surface area contributed by atoms with Crippen LogP contribution >= 0.6 is 0 Å². The fraction of sp³-hybridized carbons (Fsp3) is 0.0714. The second-order valence-corrected chi connectivity index (χ2v) is 4.01. The fourth-order valence-corrected chi connectivity index (χ4v) is 1.55. The van der Waals surface area contributed by atoms with Crippen LogP contribution in [0, 0.1) is 17.5 Å². The lowest BCUT2D eigenvalue weighted by molar-refractivity contribution is -0.114. The molecule has 0 unspecified atom stereocenters. The Morgan fingerprint density at radius 3 is 2.40 bits per heavy atom. The van der Waals surface area contributed by atoms with E-state index in [0.29, 0.717) is 5.69 Å². The van der Waals surface area contributed by atoms with E-state index in [0.717, 1.165) is 6.07 Å². The molecule has 0 spiro atoms. The van der Waals surface area contributed by atoms with Gasteiger partial charge in [0, 0.05) is 5.69 Å². The predicted octanol–water partition coefficient (Wildman–Crippen LogP) is 3.15. The highest BCUT2D eigenvalue weighted by atomic mass is 19.2. The fourth-order valence-electron chi connectivity index (χ4n) is 1.55. The smallest absolute Gasteiger partial charge is 0.243 e. The molecule has 0 saturated heterocycles. The minimum absolute atomic E-state index is 0.0979. The average Bonchev–Trinajstić information content (AvgIpc) is 2.43. The molecule has 0 heterocycles. The van der Waals surface area contributed by atoms with Crippen LogP contribution in [0.15, 0.2) is 42.5 Å². The maximum absolute atomic E-state index is 13.3. The highest BCUT2D eigenvalue weighted by Gasteiger charge is 2.08. The van der Waals surface area contributed by atoms with Crippen LogP contribution in [0.25, 0.3) is 0 Å². The van der Waals surface area contributed by atoms with Crippen LogP contribution in [0.5, 0.6) is 0 Å². The van der Waals surface area contributed by atoms with Gasteiger partial charge < -0.3 is 10.6 Å². The van der Waals surface area contributed by atoms with E-state index < -0.39 is 23.4 Å². The van der Waals surface area contributed by atoms with Crippen molar-refractivity contribution in [3.05, 3.63) is 59.9 Å². The third-order valence-corrected chi connectivity index (χ3v) is 2.52. The Hall–Kier alpha value is -2.50. The minimum Gasteiger partial charge on any atom is -0.374 e. The lowest BCUT2D eigenvalue weighted by atomic mass is 10.3. The molecule has 0 aliphatic carbocycles. The van der Waals surface area contributed by atoms with Gasteiger partial charge in [0.25, 0.3) is 0 Å². The van der Waals surface area contributed by atoms with Gasteiger partial charge in [0.15, 0.2) is 11.6 Å². The van der Waals surface area contributed by atoms with Gasteiger partial charge in [-0.2, -0.15) is 0 Å². The summed E-state index contributed by atoms with van der Waals surface area (Å²) in [6.45, 7) is -0.238. The van der Waals surface area contributed by atoms with Crippen LogP contribution in [0.2, 0.25) is 0 Å². The molecular formula is C14H11F3N2O. The van der Waals surface area contributed by atoms with Gasteiger partial charge in [-0.1, -0.05) is 6.07 Å². The van der Waals surface area contributed by atoms with Crippen LogP contribution in [0.1, 0.15) is 0 Å². The summed E-state index contributed by atoms with van der Waals surface area (Å²) in [6, 6.07) is 8.85. The van der Waals surface area contributed by atoms with E-state index in [1.807, 2.05) is 0 Å². The summed E-state index contributed by atoms with van der Waals surface area (Å²) in [5, 5.41) is 4.97. The number of carbonyl (C=O) groups is 1. The summed E-state index contributed by atoms with van der Waals surface area (Å²) < 4.78 is 38.9. The molecule has 2 rings (SSSR count). The summed E-state index contributed by atoms with van der Waals surface area (Å²) >= 11 is 0. The monoisotopic (exact) mass is 280 g/mol. The van der Waals surface area contributed by atoms with Gasteiger partial charge in [0.05, 0.1) is 12.2 Å². The topological polar surface area (TPSA) is 41.1 Å². The number of anilines is 2. The Balaban J connectivity index is 1.92. The molecule has 0 bridgehead atoms. The number of halogens is 3. The van der Waals surface area contributed by atoms with Crippen molar-refractivity contribution in [2.24, 2.45) is 0 Å². The Kier molecular flexibility index (Phi) is 4.24. The highest BCUT2D eigenvalue weighted by Crippen LogP contribution is 2.16. The van der Waals surface area contributed by atoms with Gasteiger partial charge in [-0.05, 0) is 36.4 Å². The first-order valence-corrected chi connectivity index (χ1v) is 5.79. The highest BCUT2D eigenvalue weighted by molar-refractivity contribution is 5.93. The van der Waals surface area contributed by atoms with Gasteiger partial charge in [-0.25, -0.2) is 13.2 Å². The number of hydrogen-bond donors (Lipinski definition) is 2. The van der Waals surface area contributed by atoms with E-state index in [1.165, 1.54) is 36.4 Å². The Bertz CT molecular complexity index is 614. The largest absolute Gasteiger partial charge is 0.374 e. The molecule has 1 amide bonds. The van der Waals surface area contributed by atoms with Gasteiger partial charge in [-0.3, -0.25) is 4.79 Å². The Morgan fingerprint density at radius 2 is 1.70 bits per heavy atom. The molecule has 104 valence electrons. The molecule has 6 heteroatoms. The van der Waals surface area contributed by atoms with Crippen molar-refractivity contribution in [2.45, 2.75) is 0 Å². The van der Waals surface area contributed by atoms with Gasteiger partial charge in [-0.15, -0.1) is 0 Å². The number of carbonyl (C=O) groups excluding carboxylic acids is 1. The maximum Gasteiger partial charge on any atom is 0.243 e. The van der Waals surface area contributed by atoms with Crippen molar-refractivity contribution in [3.8, 4) is 0 Å². The van der Waals surface area contributed by atoms with Crippen LogP contribution < -0.4 is 10.6 Å². The van der Waals surface area contributed by atoms with Crippen molar-refractivity contribution in [1.82, 2.24) is 0 Å². The van der Waals surface area contributed by atoms with Crippen molar-refractivity contribution in [1.29, 1.82) is 0 Å². The van der Waals surface area contributed by atoms with Gasteiger partial charge >= 0.3 is 0 Å². The first kappa shape index (κ1) is 13.9. The number of amides is 1. The van der Waals surface area contributed by atoms with Crippen LogP contribution in [0.4, 0.5) is 24.5 Å². The van der Waals surface area contributed by atoms with E-state index in [9.17, 15) is 18.0 Å². The molecule has 3 nitrogen and oxygen atoms in total. The molecule has 20 heavy (non-hydrogen) atoms.